The monoisotopic (exact) mass is 139 g/mol. The van der Waals surface area contributed by atoms with Crippen LogP contribution >= 0.6 is 7.82 Å². The van der Waals surface area contributed by atoms with E-state index >= 15 is 0 Å². The van der Waals surface area contributed by atoms with Gasteiger partial charge in [0.05, 0.1) is 7.82 Å². The van der Waals surface area contributed by atoms with Crippen LogP contribution in [0.25, 0.3) is 0 Å². The van der Waals surface area contributed by atoms with Crippen molar-refractivity contribution in [2.45, 2.75) is 0 Å². The van der Waals surface area contributed by atoms with Gasteiger partial charge in [0.1, 0.15) is 0 Å². The van der Waals surface area contributed by atoms with Crippen LogP contribution in [0.15, 0.2) is 0 Å². The van der Waals surface area contributed by atoms with Crippen LogP contribution in [0, 0.1) is 0 Å². The first-order valence-electron chi connectivity index (χ1n) is 0.913. The van der Waals surface area contributed by atoms with Crippen molar-refractivity contribution in [1.29, 1.82) is 0 Å². The molecule has 0 heterocycles. The molecule has 0 aromatic heterocycles. The summed E-state index contributed by atoms with van der Waals surface area (Å²) in [4.78, 5) is 18.0. The van der Waals surface area contributed by atoms with Gasteiger partial charge in [-0.05, 0) is 0 Å². The van der Waals surface area contributed by atoms with Gasteiger partial charge in [0.25, 0.3) is 0 Å². The number of rotatable bonds is 1. The summed E-state index contributed by atoms with van der Waals surface area (Å²) >= 11 is 0. The van der Waals surface area contributed by atoms with Crippen LogP contribution < -0.4 is 9.79 Å². The van der Waals surface area contributed by atoms with E-state index in [-0.39, 0.29) is 17.4 Å². The fraction of sp³-hybridized carbons (Fsp3) is 0. The Morgan fingerprint density at radius 1 is 1.57 bits per heavy atom. The molecule has 5 nitrogen and oxygen atoms in total. The van der Waals surface area contributed by atoms with E-state index < -0.39 is 7.82 Å². The first kappa shape index (κ1) is 10.6. The summed E-state index contributed by atoms with van der Waals surface area (Å²) < 4.78 is 11.4. The van der Waals surface area contributed by atoms with Crippen LogP contribution in [0.4, 0.5) is 0 Å². The fourth-order valence-corrected chi connectivity index (χ4v) is 0. The van der Waals surface area contributed by atoms with Crippen LogP contribution in [0.2, 0.25) is 0 Å². The molecule has 1 N–H and O–H groups in total. The zero-order valence-electron chi connectivity index (χ0n) is 3.10. The van der Waals surface area contributed by atoms with Crippen molar-refractivity contribution >= 4 is 25.2 Å². The van der Waals surface area contributed by atoms with E-state index in [1.54, 1.807) is 0 Å². The average molecular weight is 139 g/mol. The zero-order valence-corrected chi connectivity index (χ0v) is 5.15. The second kappa shape index (κ2) is 3.59. The van der Waals surface area contributed by atoms with Crippen LogP contribution in [-0.4, -0.2) is 22.6 Å². The number of phosphoric acid groups is 1. The van der Waals surface area contributed by atoms with Crippen molar-refractivity contribution in [3.63, 3.8) is 0 Å². The molecular weight excluding hydrogens is 138 g/mol. The maximum absolute atomic E-state index is 9.00. The molecule has 0 spiro atoms. The molecule has 0 aromatic carbocycles. The molecule has 0 fully saturated rings. The zero-order chi connectivity index (χ0) is 5.21. The van der Waals surface area contributed by atoms with Crippen LogP contribution in [-0.2, 0) is 9.24 Å². The molecule has 0 saturated carbocycles. The maximum atomic E-state index is 9.00. The van der Waals surface area contributed by atoms with Crippen molar-refractivity contribution in [1.82, 2.24) is 0 Å². The van der Waals surface area contributed by atoms with Crippen LogP contribution in [0.1, 0.15) is 0 Å². The Kier molecular flexibility index (Phi) is 5.41. The molecule has 38 valence electrons. The normalized spacial score (nSPS) is 10.1. The Hall–Kier alpha value is 0.602. The van der Waals surface area contributed by atoms with Crippen molar-refractivity contribution in [3.8, 4) is 0 Å². The maximum Gasteiger partial charge on any atom is 3.00 e. The molecule has 7 heteroatoms. The predicted octanol–water partition coefficient (Wildman–Crippen LogP) is -2.08. The first-order valence-corrected chi connectivity index (χ1v) is 2.37. The molecule has 0 unspecified atom stereocenters. The quantitative estimate of drug-likeness (QED) is 0.195. The molecule has 0 aliphatic rings. The van der Waals surface area contributed by atoms with Crippen LogP contribution in [0.3, 0.4) is 0 Å². The number of hydrogen-bond donors (Lipinski definition) is 1. The van der Waals surface area contributed by atoms with E-state index in [1.165, 1.54) is 0 Å². The minimum atomic E-state index is -5.09. The summed E-state index contributed by atoms with van der Waals surface area (Å²) in [5, 5.41) is 7.01. The summed E-state index contributed by atoms with van der Waals surface area (Å²) in [6, 6.07) is 0. The van der Waals surface area contributed by atoms with E-state index in [1.807, 2.05) is 0 Å². The van der Waals surface area contributed by atoms with Gasteiger partial charge in [-0.15, -0.1) is 0 Å². The third kappa shape index (κ3) is 10.8. The van der Waals surface area contributed by atoms with E-state index in [2.05, 4.69) is 4.67 Å². The van der Waals surface area contributed by atoms with Crippen molar-refractivity contribution in [3.05, 3.63) is 0 Å². The van der Waals surface area contributed by atoms with E-state index in [4.69, 9.17) is 19.6 Å². The smallest absolute Gasteiger partial charge is 0.788 e. The summed E-state index contributed by atoms with van der Waals surface area (Å²) in [7, 11) is -5.09. The molecule has 0 aliphatic heterocycles. The summed E-state index contributed by atoms with van der Waals surface area (Å²) in [6.07, 6.45) is 0. The van der Waals surface area contributed by atoms with Gasteiger partial charge in [-0.3, -0.25) is 0 Å². The molecule has 0 radical (unpaired) electrons. The van der Waals surface area contributed by atoms with Gasteiger partial charge in [-0.2, -0.15) is 0 Å². The molecule has 0 aliphatic carbocycles. The summed E-state index contributed by atoms with van der Waals surface area (Å²) in [6.45, 7) is 0. The SMILES string of the molecule is O=P([O-])([O-])OO.[Al+3]. The number of hydrogen-bond acceptors (Lipinski definition) is 5. The van der Waals surface area contributed by atoms with Gasteiger partial charge in [0, 0.05) is 0 Å². The summed E-state index contributed by atoms with van der Waals surface area (Å²) in [5.41, 5.74) is 0. The Labute approximate surface area is 50.2 Å². The molecular formula is HAlO5P+. The molecule has 0 rings (SSSR count). The van der Waals surface area contributed by atoms with Gasteiger partial charge < -0.3 is 14.4 Å². The van der Waals surface area contributed by atoms with Gasteiger partial charge in [-0.25, -0.2) is 9.93 Å². The topological polar surface area (TPSA) is 92.7 Å². The Balaban J connectivity index is 0. The second-order valence-corrected chi connectivity index (χ2v) is 1.59. The van der Waals surface area contributed by atoms with Gasteiger partial charge >= 0.3 is 17.4 Å². The fourth-order valence-electron chi connectivity index (χ4n) is 0. The van der Waals surface area contributed by atoms with E-state index in [9.17, 15) is 0 Å². The Morgan fingerprint density at radius 3 is 1.71 bits per heavy atom. The molecule has 7 heavy (non-hydrogen) atoms. The minimum Gasteiger partial charge on any atom is -0.788 e. The minimum absolute atomic E-state index is 0. The average Bonchev–Trinajstić information content (AvgIpc) is 1.35. The largest absolute Gasteiger partial charge is 3.00 e. The van der Waals surface area contributed by atoms with Crippen molar-refractivity contribution in [2.75, 3.05) is 0 Å². The van der Waals surface area contributed by atoms with Gasteiger partial charge in [0.15, 0.2) is 0 Å². The second-order valence-electron chi connectivity index (χ2n) is 0.529. The standard InChI is InChI=1S/Al.H3O5P/c;1-5-6(2,3)4/h;1H,(H2,2,3,4)/q+3;/p-2. The first-order chi connectivity index (χ1) is 2.56. The van der Waals surface area contributed by atoms with Crippen molar-refractivity contribution < 1.29 is 24.3 Å². The predicted molar refractivity (Wildman–Crippen MR) is 17.1 cm³/mol. The van der Waals surface area contributed by atoms with E-state index in [0.29, 0.717) is 0 Å². The van der Waals surface area contributed by atoms with Crippen molar-refractivity contribution in [2.24, 2.45) is 0 Å². The molecule has 0 aromatic rings. The van der Waals surface area contributed by atoms with E-state index in [0.717, 1.165) is 0 Å². The Morgan fingerprint density at radius 2 is 1.71 bits per heavy atom. The summed E-state index contributed by atoms with van der Waals surface area (Å²) in [5.74, 6) is 0. The third-order valence-corrected chi connectivity index (χ3v) is 0.300. The van der Waals surface area contributed by atoms with Crippen LogP contribution in [0.5, 0.6) is 0 Å². The Bertz CT molecular complexity index is 72.1. The molecule has 0 bridgehead atoms. The molecule has 0 saturated heterocycles. The molecule has 0 atom stereocenters. The third-order valence-electron chi connectivity index (χ3n) is 0.100. The van der Waals surface area contributed by atoms with Gasteiger partial charge in [0.2, 0.25) is 0 Å². The molecule has 0 amide bonds. The van der Waals surface area contributed by atoms with Gasteiger partial charge in [-0.1, -0.05) is 0 Å².